The Morgan fingerprint density at radius 3 is 2.81 bits per heavy atom. The van der Waals surface area contributed by atoms with Gasteiger partial charge < -0.3 is 18.9 Å². The van der Waals surface area contributed by atoms with Gasteiger partial charge in [-0.3, -0.25) is 4.79 Å². The van der Waals surface area contributed by atoms with Crippen molar-refractivity contribution in [2.75, 3.05) is 13.7 Å². The highest BCUT2D eigenvalue weighted by Gasteiger charge is 2.30. The van der Waals surface area contributed by atoms with Crippen LogP contribution in [0.1, 0.15) is 11.5 Å². The quantitative estimate of drug-likeness (QED) is 0.707. The van der Waals surface area contributed by atoms with Crippen molar-refractivity contribution < 1.29 is 18.8 Å². The van der Waals surface area contributed by atoms with E-state index in [1.165, 1.54) is 4.90 Å². The fraction of sp³-hybridized carbons (Fsp3) is 0.250. The van der Waals surface area contributed by atoms with Crippen LogP contribution in [0.5, 0.6) is 11.5 Å². The van der Waals surface area contributed by atoms with Gasteiger partial charge in [-0.25, -0.2) is 0 Å². The second-order valence-electron chi connectivity index (χ2n) is 6.44. The molecule has 0 unspecified atom stereocenters. The molecule has 0 bridgehead atoms. The molecule has 1 aliphatic rings. The number of aromatic nitrogens is 2. The summed E-state index contributed by atoms with van der Waals surface area (Å²) in [5, 5.41) is 4.00. The highest BCUT2D eigenvalue weighted by atomic mass is 16.6. The van der Waals surface area contributed by atoms with Gasteiger partial charge in [0.2, 0.25) is 17.8 Å². The molecule has 0 radical (unpaired) electrons. The maximum absolute atomic E-state index is 12.7. The molecule has 1 aliphatic heterocycles. The maximum Gasteiger partial charge on any atom is 0.267 e. The molecule has 4 rings (SSSR count). The molecule has 0 spiro atoms. The average molecular weight is 365 g/mol. The number of aryl methyl sites for hydroxylation is 1. The second kappa shape index (κ2) is 7.11. The van der Waals surface area contributed by atoms with Gasteiger partial charge in [0.1, 0.15) is 6.61 Å². The SMILES string of the molecule is Cc1cccc(-c2noc(CN(C)C(=O)[C@H]3COc4ccccc4O3)n2)c1. The summed E-state index contributed by atoms with van der Waals surface area (Å²) in [4.78, 5) is 18.5. The molecule has 0 fully saturated rings. The van der Waals surface area contributed by atoms with E-state index in [-0.39, 0.29) is 19.1 Å². The first-order valence-electron chi connectivity index (χ1n) is 8.63. The average Bonchev–Trinajstić information content (AvgIpc) is 3.15. The van der Waals surface area contributed by atoms with Crippen LogP contribution < -0.4 is 9.47 Å². The number of fused-ring (bicyclic) bond motifs is 1. The monoisotopic (exact) mass is 365 g/mol. The zero-order valence-electron chi connectivity index (χ0n) is 15.1. The number of amides is 1. The number of para-hydroxylation sites is 2. The van der Waals surface area contributed by atoms with Crippen molar-refractivity contribution in [1.29, 1.82) is 0 Å². The summed E-state index contributed by atoms with van der Waals surface area (Å²) in [6.45, 7) is 2.36. The van der Waals surface area contributed by atoms with E-state index in [2.05, 4.69) is 10.1 Å². The predicted molar refractivity (Wildman–Crippen MR) is 97.3 cm³/mol. The molecular weight excluding hydrogens is 346 g/mol. The Hall–Kier alpha value is -3.35. The Bertz CT molecular complexity index is 969. The van der Waals surface area contributed by atoms with Crippen LogP contribution in [0, 0.1) is 6.92 Å². The lowest BCUT2D eigenvalue weighted by atomic mass is 10.1. The summed E-state index contributed by atoms with van der Waals surface area (Å²) in [5.74, 6) is 1.86. The van der Waals surface area contributed by atoms with Crippen molar-refractivity contribution in [3.63, 3.8) is 0 Å². The third-order valence-electron chi connectivity index (χ3n) is 4.28. The normalized spacial score (nSPS) is 15.4. The Labute approximate surface area is 156 Å². The van der Waals surface area contributed by atoms with E-state index >= 15 is 0 Å². The number of hydrogen-bond donors (Lipinski definition) is 0. The van der Waals surface area contributed by atoms with E-state index in [0.717, 1.165) is 11.1 Å². The summed E-state index contributed by atoms with van der Waals surface area (Å²) in [5.41, 5.74) is 1.99. The molecule has 0 saturated heterocycles. The fourth-order valence-electron chi connectivity index (χ4n) is 2.89. The number of ether oxygens (including phenoxy) is 2. The molecule has 0 N–H and O–H groups in total. The van der Waals surface area contributed by atoms with Gasteiger partial charge in [0.05, 0.1) is 6.54 Å². The minimum Gasteiger partial charge on any atom is -0.485 e. The number of carbonyl (C=O) groups excluding carboxylic acids is 1. The van der Waals surface area contributed by atoms with E-state index in [1.807, 2.05) is 49.4 Å². The van der Waals surface area contributed by atoms with Crippen molar-refractivity contribution in [1.82, 2.24) is 15.0 Å². The van der Waals surface area contributed by atoms with Crippen molar-refractivity contribution in [2.24, 2.45) is 0 Å². The Balaban J connectivity index is 1.42. The van der Waals surface area contributed by atoms with Crippen LogP contribution in [-0.2, 0) is 11.3 Å². The molecule has 2 aromatic carbocycles. The summed E-state index contributed by atoms with van der Waals surface area (Å²) < 4.78 is 16.7. The number of likely N-dealkylation sites (N-methyl/N-ethyl adjacent to an activating group) is 1. The minimum atomic E-state index is -0.705. The molecular formula is C20H19N3O4. The summed E-state index contributed by atoms with van der Waals surface area (Å²) in [7, 11) is 1.67. The molecule has 0 saturated carbocycles. The number of rotatable bonds is 4. The molecule has 138 valence electrons. The molecule has 1 amide bonds. The number of benzene rings is 2. The molecule has 27 heavy (non-hydrogen) atoms. The largest absolute Gasteiger partial charge is 0.485 e. The number of nitrogens with zero attached hydrogens (tertiary/aromatic N) is 3. The van der Waals surface area contributed by atoms with E-state index in [9.17, 15) is 4.79 Å². The third-order valence-corrected chi connectivity index (χ3v) is 4.28. The van der Waals surface area contributed by atoms with Crippen LogP contribution >= 0.6 is 0 Å². The van der Waals surface area contributed by atoms with Gasteiger partial charge >= 0.3 is 0 Å². The molecule has 7 heteroatoms. The van der Waals surface area contributed by atoms with E-state index in [4.69, 9.17) is 14.0 Å². The number of carbonyl (C=O) groups is 1. The zero-order valence-corrected chi connectivity index (χ0v) is 15.1. The Morgan fingerprint density at radius 2 is 2.00 bits per heavy atom. The van der Waals surface area contributed by atoms with Crippen LogP contribution in [0.15, 0.2) is 53.1 Å². The van der Waals surface area contributed by atoms with Crippen LogP contribution in [0.4, 0.5) is 0 Å². The van der Waals surface area contributed by atoms with Crippen molar-refractivity contribution in [2.45, 2.75) is 19.6 Å². The second-order valence-corrected chi connectivity index (χ2v) is 6.44. The molecule has 7 nitrogen and oxygen atoms in total. The molecule has 1 aromatic heterocycles. The van der Waals surface area contributed by atoms with Gasteiger partial charge in [-0.05, 0) is 25.1 Å². The highest BCUT2D eigenvalue weighted by molar-refractivity contribution is 5.81. The molecule has 0 aliphatic carbocycles. The van der Waals surface area contributed by atoms with E-state index in [1.54, 1.807) is 13.1 Å². The number of hydrogen-bond acceptors (Lipinski definition) is 6. The van der Waals surface area contributed by atoms with Gasteiger partial charge in [0.15, 0.2) is 11.5 Å². The van der Waals surface area contributed by atoms with Gasteiger partial charge in [-0.1, -0.05) is 41.1 Å². The third kappa shape index (κ3) is 3.62. The van der Waals surface area contributed by atoms with Crippen molar-refractivity contribution in [3.05, 3.63) is 60.0 Å². The van der Waals surface area contributed by atoms with Gasteiger partial charge in [0.25, 0.3) is 5.91 Å². The minimum absolute atomic E-state index is 0.165. The lowest BCUT2D eigenvalue weighted by Gasteiger charge is -2.28. The standard InChI is InChI=1S/C20H19N3O4/c1-13-6-5-7-14(10-13)19-21-18(27-22-19)11-23(2)20(24)17-12-25-15-8-3-4-9-16(15)26-17/h3-10,17H,11-12H2,1-2H3/t17-/m1/s1. The molecule has 2 heterocycles. The fourth-order valence-corrected chi connectivity index (χ4v) is 2.89. The lowest BCUT2D eigenvalue weighted by Crippen LogP contribution is -2.44. The van der Waals surface area contributed by atoms with Gasteiger partial charge in [-0.2, -0.15) is 4.98 Å². The first kappa shape index (κ1) is 17.1. The highest BCUT2D eigenvalue weighted by Crippen LogP contribution is 2.31. The van der Waals surface area contributed by atoms with Crippen LogP contribution in [0.25, 0.3) is 11.4 Å². The Morgan fingerprint density at radius 1 is 1.19 bits per heavy atom. The van der Waals surface area contributed by atoms with Gasteiger partial charge in [0, 0.05) is 12.6 Å². The summed E-state index contributed by atoms with van der Waals surface area (Å²) >= 11 is 0. The maximum atomic E-state index is 12.7. The van der Waals surface area contributed by atoms with Crippen LogP contribution in [-0.4, -0.2) is 40.7 Å². The first-order chi connectivity index (χ1) is 13.1. The van der Waals surface area contributed by atoms with Crippen molar-refractivity contribution >= 4 is 5.91 Å². The van der Waals surface area contributed by atoms with Crippen molar-refractivity contribution in [3.8, 4) is 22.9 Å². The lowest BCUT2D eigenvalue weighted by molar-refractivity contribution is -0.140. The van der Waals surface area contributed by atoms with E-state index < -0.39 is 6.10 Å². The zero-order chi connectivity index (χ0) is 18.8. The summed E-state index contributed by atoms with van der Waals surface area (Å²) in [6.07, 6.45) is -0.705. The Kier molecular flexibility index (Phi) is 4.50. The van der Waals surface area contributed by atoms with Gasteiger partial charge in [-0.15, -0.1) is 0 Å². The topological polar surface area (TPSA) is 77.7 Å². The first-order valence-corrected chi connectivity index (χ1v) is 8.63. The molecule has 3 aromatic rings. The smallest absolute Gasteiger partial charge is 0.267 e. The van der Waals surface area contributed by atoms with Crippen LogP contribution in [0.2, 0.25) is 0 Å². The predicted octanol–water partition coefficient (Wildman–Crippen LogP) is 2.84. The van der Waals surface area contributed by atoms with E-state index in [0.29, 0.717) is 23.2 Å². The molecule has 1 atom stereocenters. The summed E-state index contributed by atoms with van der Waals surface area (Å²) in [6, 6.07) is 15.1. The van der Waals surface area contributed by atoms with Crippen LogP contribution in [0.3, 0.4) is 0 Å².